The van der Waals surface area contributed by atoms with E-state index in [1.165, 1.54) is 38.8 Å². The van der Waals surface area contributed by atoms with Crippen molar-refractivity contribution >= 4 is 5.91 Å². The normalized spacial score (nSPS) is 26.7. The van der Waals surface area contributed by atoms with E-state index in [4.69, 9.17) is 0 Å². The van der Waals surface area contributed by atoms with E-state index >= 15 is 0 Å². The first-order chi connectivity index (χ1) is 10.3. The average Bonchev–Trinajstić information content (AvgIpc) is 2.96. The predicted molar refractivity (Wildman–Crippen MR) is 80.3 cm³/mol. The lowest BCUT2D eigenvalue weighted by molar-refractivity contribution is 0.0703. The summed E-state index contributed by atoms with van der Waals surface area (Å²) < 4.78 is 0. The molecule has 3 fully saturated rings. The molecule has 3 aliphatic rings. The van der Waals surface area contributed by atoms with Crippen LogP contribution in [0.2, 0.25) is 0 Å². The summed E-state index contributed by atoms with van der Waals surface area (Å²) in [5.41, 5.74) is 1.76. The summed E-state index contributed by atoms with van der Waals surface area (Å²) in [6.45, 7) is 4.34. The molecule has 0 aromatic carbocycles. The number of nitrogens with zero attached hydrogens (tertiary/aromatic N) is 3. The largest absolute Gasteiger partial charge is 0.333 e. The van der Waals surface area contributed by atoms with Crippen molar-refractivity contribution in [3.63, 3.8) is 0 Å². The molecular weight excluding hydrogens is 264 g/mol. The second kappa shape index (κ2) is 5.44. The second-order valence-corrected chi connectivity index (χ2v) is 6.79. The highest BCUT2D eigenvalue weighted by Gasteiger charge is 2.33. The zero-order valence-corrected chi connectivity index (χ0v) is 12.6. The second-order valence-electron chi connectivity index (χ2n) is 6.79. The lowest BCUT2D eigenvalue weighted by Gasteiger charge is -2.28. The third kappa shape index (κ3) is 2.71. The van der Waals surface area contributed by atoms with Gasteiger partial charge < -0.3 is 9.80 Å². The minimum atomic E-state index is 0.125. The minimum absolute atomic E-state index is 0.125. The number of rotatable bonds is 4. The molecule has 114 valence electrons. The van der Waals surface area contributed by atoms with Crippen molar-refractivity contribution in [1.82, 2.24) is 20.0 Å². The van der Waals surface area contributed by atoms with Gasteiger partial charge in [0.2, 0.25) is 0 Å². The number of likely N-dealkylation sites (tertiary alicyclic amines) is 2. The Morgan fingerprint density at radius 2 is 2.00 bits per heavy atom. The van der Waals surface area contributed by atoms with Crippen molar-refractivity contribution in [3.8, 4) is 0 Å². The van der Waals surface area contributed by atoms with Crippen LogP contribution in [-0.2, 0) is 0 Å². The molecule has 1 aromatic rings. The average molecular weight is 288 g/mol. The van der Waals surface area contributed by atoms with Gasteiger partial charge >= 0.3 is 0 Å². The van der Waals surface area contributed by atoms with Gasteiger partial charge in [0.25, 0.3) is 5.91 Å². The highest BCUT2D eigenvalue weighted by Crippen LogP contribution is 2.39. The van der Waals surface area contributed by atoms with Gasteiger partial charge in [0.1, 0.15) is 5.69 Å². The topological polar surface area (TPSA) is 52.2 Å². The first-order valence-electron chi connectivity index (χ1n) is 8.40. The Balaban J connectivity index is 1.43. The number of H-pyrrole nitrogens is 1. The summed E-state index contributed by atoms with van der Waals surface area (Å²) in [6.07, 6.45) is 7.36. The molecule has 1 saturated carbocycles. The van der Waals surface area contributed by atoms with E-state index in [0.29, 0.717) is 17.7 Å². The Hall–Kier alpha value is -1.36. The predicted octanol–water partition coefficient (Wildman–Crippen LogP) is 1.99. The molecule has 2 aliphatic heterocycles. The molecule has 2 saturated heterocycles. The van der Waals surface area contributed by atoms with Gasteiger partial charge in [-0.15, -0.1) is 0 Å². The van der Waals surface area contributed by atoms with Crippen molar-refractivity contribution in [3.05, 3.63) is 17.5 Å². The SMILES string of the molecule is O=C(c1cc(C2CC2)[nH]n1)N1CCC[C@H]1CN1CCCC1. The fourth-order valence-electron chi connectivity index (χ4n) is 3.75. The van der Waals surface area contributed by atoms with Crippen molar-refractivity contribution in [1.29, 1.82) is 0 Å². The van der Waals surface area contributed by atoms with Crippen LogP contribution in [0.3, 0.4) is 0 Å². The third-order valence-electron chi connectivity index (χ3n) is 5.14. The Morgan fingerprint density at radius 3 is 2.76 bits per heavy atom. The molecule has 0 spiro atoms. The van der Waals surface area contributed by atoms with E-state index in [1.807, 2.05) is 6.07 Å². The number of hydrogen-bond acceptors (Lipinski definition) is 3. The summed E-state index contributed by atoms with van der Waals surface area (Å²) >= 11 is 0. The van der Waals surface area contributed by atoms with Gasteiger partial charge in [-0.1, -0.05) is 0 Å². The zero-order chi connectivity index (χ0) is 14.2. The summed E-state index contributed by atoms with van der Waals surface area (Å²) in [6, 6.07) is 2.36. The quantitative estimate of drug-likeness (QED) is 0.922. The lowest BCUT2D eigenvalue weighted by Crippen LogP contribution is -2.42. The summed E-state index contributed by atoms with van der Waals surface area (Å²) in [4.78, 5) is 17.3. The Labute approximate surface area is 125 Å². The van der Waals surface area contributed by atoms with Gasteiger partial charge in [-0.3, -0.25) is 9.89 Å². The Kier molecular flexibility index (Phi) is 3.45. The molecule has 1 atom stereocenters. The van der Waals surface area contributed by atoms with Crippen molar-refractivity contribution < 1.29 is 4.79 Å². The van der Waals surface area contributed by atoms with Crippen LogP contribution < -0.4 is 0 Å². The van der Waals surface area contributed by atoms with Gasteiger partial charge in [-0.2, -0.15) is 5.10 Å². The molecule has 0 radical (unpaired) electrons. The number of aromatic nitrogens is 2. The molecule has 5 heteroatoms. The van der Waals surface area contributed by atoms with E-state index in [0.717, 1.165) is 31.6 Å². The van der Waals surface area contributed by atoms with E-state index < -0.39 is 0 Å². The van der Waals surface area contributed by atoms with Crippen molar-refractivity contribution in [2.75, 3.05) is 26.2 Å². The van der Waals surface area contributed by atoms with Gasteiger partial charge in [-0.05, 0) is 57.7 Å². The van der Waals surface area contributed by atoms with Crippen molar-refractivity contribution in [2.24, 2.45) is 0 Å². The van der Waals surface area contributed by atoms with E-state index in [-0.39, 0.29) is 5.91 Å². The van der Waals surface area contributed by atoms with Crippen LogP contribution in [0.15, 0.2) is 6.07 Å². The van der Waals surface area contributed by atoms with Crippen molar-refractivity contribution in [2.45, 2.75) is 50.5 Å². The van der Waals surface area contributed by atoms with Crippen LogP contribution in [0.25, 0.3) is 0 Å². The van der Waals surface area contributed by atoms with E-state index in [1.54, 1.807) is 0 Å². The number of hydrogen-bond donors (Lipinski definition) is 1. The first-order valence-corrected chi connectivity index (χ1v) is 8.40. The van der Waals surface area contributed by atoms with Crippen LogP contribution in [0.4, 0.5) is 0 Å². The fraction of sp³-hybridized carbons (Fsp3) is 0.750. The van der Waals surface area contributed by atoms with Crippen LogP contribution in [-0.4, -0.2) is 58.1 Å². The highest BCUT2D eigenvalue weighted by atomic mass is 16.2. The van der Waals surface area contributed by atoms with Crippen LogP contribution in [0.5, 0.6) is 0 Å². The van der Waals surface area contributed by atoms with Crippen LogP contribution in [0, 0.1) is 0 Å². The Bertz CT molecular complexity index is 516. The van der Waals surface area contributed by atoms with Gasteiger partial charge in [0, 0.05) is 30.7 Å². The maximum Gasteiger partial charge on any atom is 0.274 e. The highest BCUT2D eigenvalue weighted by molar-refractivity contribution is 5.92. The molecular formula is C16H24N4O. The molecule has 1 amide bonds. The standard InChI is InChI=1S/C16H24N4O/c21-16(15-10-14(17-18-15)12-5-6-12)20-9-3-4-13(20)11-19-7-1-2-8-19/h10,12-13H,1-9,11H2,(H,17,18)/t13-/m0/s1. The fourth-order valence-corrected chi connectivity index (χ4v) is 3.75. The number of aromatic amines is 1. The maximum absolute atomic E-state index is 12.7. The Morgan fingerprint density at radius 1 is 1.19 bits per heavy atom. The lowest BCUT2D eigenvalue weighted by atomic mass is 10.2. The number of amides is 1. The molecule has 1 N–H and O–H groups in total. The van der Waals surface area contributed by atoms with Gasteiger partial charge in [0.05, 0.1) is 0 Å². The van der Waals surface area contributed by atoms with Gasteiger partial charge in [-0.25, -0.2) is 0 Å². The van der Waals surface area contributed by atoms with Crippen LogP contribution in [0.1, 0.15) is 60.6 Å². The molecule has 0 unspecified atom stereocenters. The molecule has 4 rings (SSSR count). The molecule has 3 heterocycles. The van der Waals surface area contributed by atoms with Gasteiger partial charge in [0.15, 0.2) is 0 Å². The summed E-state index contributed by atoms with van der Waals surface area (Å²) in [7, 11) is 0. The zero-order valence-electron chi connectivity index (χ0n) is 12.6. The molecule has 1 aromatic heterocycles. The number of nitrogens with one attached hydrogen (secondary N) is 1. The van der Waals surface area contributed by atoms with Crippen LogP contribution >= 0.6 is 0 Å². The summed E-state index contributed by atoms with van der Waals surface area (Å²) in [5.74, 6) is 0.748. The number of carbonyl (C=O) groups is 1. The summed E-state index contributed by atoms with van der Waals surface area (Å²) in [5, 5.41) is 7.31. The molecule has 21 heavy (non-hydrogen) atoms. The van der Waals surface area contributed by atoms with E-state index in [2.05, 4.69) is 20.0 Å². The molecule has 0 bridgehead atoms. The smallest absolute Gasteiger partial charge is 0.274 e. The monoisotopic (exact) mass is 288 g/mol. The minimum Gasteiger partial charge on any atom is -0.333 e. The van der Waals surface area contributed by atoms with E-state index in [9.17, 15) is 4.79 Å². The number of carbonyl (C=O) groups excluding carboxylic acids is 1. The maximum atomic E-state index is 12.7. The molecule has 1 aliphatic carbocycles. The molecule has 5 nitrogen and oxygen atoms in total. The first kappa shape index (κ1) is 13.3. The third-order valence-corrected chi connectivity index (χ3v) is 5.14.